The van der Waals surface area contributed by atoms with E-state index in [1.807, 2.05) is 43.5 Å². The molecule has 2 aromatic rings. The first-order chi connectivity index (χ1) is 13.6. The molecule has 1 fully saturated rings. The van der Waals surface area contributed by atoms with Gasteiger partial charge in [0.2, 0.25) is 0 Å². The zero-order valence-electron chi connectivity index (χ0n) is 15.9. The van der Waals surface area contributed by atoms with Gasteiger partial charge in [-0.1, -0.05) is 35.9 Å². The van der Waals surface area contributed by atoms with E-state index in [0.29, 0.717) is 18.8 Å². The Morgan fingerprint density at radius 1 is 1.11 bits per heavy atom. The van der Waals surface area contributed by atoms with Gasteiger partial charge in [-0.25, -0.2) is 9.69 Å². The number of benzene rings is 2. The Labute approximate surface area is 169 Å². The molecule has 0 saturated carbocycles. The Hall–Kier alpha value is -2.73. The number of rotatable bonds is 5. The summed E-state index contributed by atoms with van der Waals surface area (Å²) < 4.78 is 5.47. The van der Waals surface area contributed by atoms with Crippen LogP contribution in [0.1, 0.15) is 18.1 Å². The third-order valence-electron chi connectivity index (χ3n) is 4.91. The molecule has 2 aliphatic rings. The first-order valence-electron chi connectivity index (χ1n) is 9.33. The second kappa shape index (κ2) is 7.72. The largest absolute Gasteiger partial charge is 0.494 e. The van der Waals surface area contributed by atoms with Gasteiger partial charge < -0.3 is 9.64 Å². The van der Waals surface area contributed by atoms with E-state index < -0.39 is 0 Å². The number of amides is 3. The van der Waals surface area contributed by atoms with Crippen LogP contribution in [0.4, 0.5) is 10.5 Å². The van der Waals surface area contributed by atoms with Gasteiger partial charge in [-0.2, -0.15) is 0 Å². The molecule has 4 rings (SSSR count). The van der Waals surface area contributed by atoms with Crippen LogP contribution in [0.15, 0.2) is 60.0 Å². The topological polar surface area (TPSA) is 49.9 Å². The Bertz CT molecular complexity index is 926. The molecule has 0 aliphatic carbocycles. The number of ether oxygens (including phenoxy) is 1. The molecule has 144 valence electrons. The first-order valence-corrected chi connectivity index (χ1v) is 10.3. The van der Waals surface area contributed by atoms with E-state index in [4.69, 9.17) is 4.74 Å². The minimum Gasteiger partial charge on any atom is -0.494 e. The second-order valence-corrected chi connectivity index (χ2v) is 7.93. The van der Waals surface area contributed by atoms with Crippen molar-refractivity contribution in [1.29, 1.82) is 0 Å². The van der Waals surface area contributed by atoms with Gasteiger partial charge in [-0.15, -0.1) is 11.8 Å². The van der Waals surface area contributed by atoms with Gasteiger partial charge in [0.05, 0.1) is 18.3 Å². The Morgan fingerprint density at radius 3 is 2.61 bits per heavy atom. The van der Waals surface area contributed by atoms with E-state index in [1.165, 1.54) is 16.7 Å². The number of hydrogen-bond donors (Lipinski definition) is 0. The van der Waals surface area contributed by atoms with Crippen LogP contribution >= 0.6 is 11.8 Å². The predicted molar refractivity (Wildman–Crippen MR) is 112 cm³/mol. The summed E-state index contributed by atoms with van der Waals surface area (Å²) in [6.45, 7) is 4.98. The summed E-state index contributed by atoms with van der Waals surface area (Å²) in [5.74, 6) is 0.546. The number of hydrogen-bond acceptors (Lipinski definition) is 4. The summed E-state index contributed by atoms with van der Waals surface area (Å²) in [6.07, 6.45) is 1.95. The van der Waals surface area contributed by atoms with Crippen LogP contribution in [0.25, 0.3) is 0 Å². The molecule has 1 saturated heterocycles. The van der Waals surface area contributed by atoms with Crippen molar-refractivity contribution in [3.63, 3.8) is 0 Å². The third kappa shape index (κ3) is 3.40. The first kappa shape index (κ1) is 18.6. The molecule has 2 heterocycles. The average molecular weight is 394 g/mol. The second-order valence-electron chi connectivity index (χ2n) is 6.88. The van der Waals surface area contributed by atoms with Crippen molar-refractivity contribution in [1.82, 2.24) is 4.90 Å². The maximum absolute atomic E-state index is 13.3. The van der Waals surface area contributed by atoms with Gasteiger partial charge in [0, 0.05) is 6.54 Å². The quantitative estimate of drug-likeness (QED) is 0.756. The van der Waals surface area contributed by atoms with Crippen LogP contribution in [0, 0.1) is 6.92 Å². The lowest BCUT2D eigenvalue weighted by Gasteiger charge is -2.41. The minimum absolute atomic E-state index is 0.172. The summed E-state index contributed by atoms with van der Waals surface area (Å²) in [5, 5.41) is 1.61. The van der Waals surface area contributed by atoms with E-state index in [9.17, 15) is 9.59 Å². The molecule has 2 atom stereocenters. The number of nitrogens with zero attached hydrogens (tertiary/aromatic N) is 2. The van der Waals surface area contributed by atoms with E-state index >= 15 is 0 Å². The van der Waals surface area contributed by atoms with Gasteiger partial charge in [-0.05, 0) is 49.1 Å². The predicted octanol–water partition coefficient (Wildman–Crippen LogP) is 4.36. The molecular formula is C22H22N2O3S. The van der Waals surface area contributed by atoms with Crippen LogP contribution in [-0.2, 0) is 11.3 Å². The van der Waals surface area contributed by atoms with Crippen molar-refractivity contribution in [2.45, 2.75) is 31.7 Å². The van der Waals surface area contributed by atoms with E-state index in [2.05, 4.69) is 6.07 Å². The molecule has 0 spiro atoms. The smallest absolute Gasteiger partial charge is 0.332 e. The zero-order chi connectivity index (χ0) is 19.7. The highest BCUT2D eigenvalue weighted by atomic mass is 32.2. The summed E-state index contributed by atoms with van der Waals surface area (Å²) in [7, 11) is 0. The van der Waals surface area contributed by atoms with Crippen LogP contribution in [-0.4, -0.2) is 34.7 Å². The average Bonchev–Trinajstić information content (AvgIpc) is 3.17. The maximum Gasteiger partial charge on any atom is 0.332 e. The molecule has 2 aliphatic heterocycles. The number of anilines is 1. The van der Waals surface area contributed by atoms with Crippen LogP contribution in [0.5, 0.6) is 5.75 Å². The molecule has 0 N–H and O–H groups in total. The fourth-order valence-corrected chi connectivity index (χ4v) is 4.66. The monoisotopic (exact) mass is 394 g/mol. The zero-order valence-corrected chi connectivity index (χ0v) is 16.7. The lowest BCUT2D eigenvalue weighted by molar-refractivity contribution is -0.119. The van der Waals surface area contributed by atoms with Crippen LogP contribution in [0.2, 0.25) is 0 Å². The summed E-state index contributed by atoms with van der Waals surface area (Å²) >= 11 is 1.47. The normalized spacial score (nSPS) is 21.2. The number of carbonyl (C=O) groups excluding carboxylic acids is 2. The molecular weight excluding hydrogens is 372 g/mol. The minimum atomic E-state index is -0.311. The van der Waals surface area contributed by atoms with Crippen LogP contribution in [0.3, 0.4) is 0 Å². The summed E-state index contributed by atoms with van der Waals surface area (Å²) in [5.41, 5.74) is 2.77. The highest BCUT2D eigenvalue weighted by Crippen LogP contribution is 2.37. The van der Waals surface area contributed by atoms with Crippen molar-refractivity contribution in [3.05, 3.63) is 71.1 Å². The fraction of sp³-hybridized carbons (Fsp3) is 0.273. The highest BCUT2D eigenvalue weighted by molar-refractivity contribution is 8.03. The van der Waals surface area contributed by atoms with E-state index in [0.717, 1.165) is 16.9 Å². The summed E-state index contributed by atoms with van der Waals surface area (Å²) in [4.78, 5) is 29.5. The van der Waals surface area contributed by atoms with Crippen LogP contribution < -0.4 is 9.64 Å². The molecule has 5 nitrogen and oxygen atoms in total. The Kier molecular flexibility index (Phi) is 5.13. The molecule has 2 unspecified atom stereocenters. The van der Waals surface area contributed by atoms with Crippen molar-refractivity contribution in [2.75, 3.05) is 11.5 Å². The van der Waals surface area contributed by atoms with Crippen molar-refractivity contribution in [2.24, 2.45) is 0 Å². The molecule has 0 bridgehead atoms. The molecule has 0 radical (unpaired) electrons. The standard InChI is InChI=1S/C22H22N2O3S/c1-3-27-18-9-7-17(8-10-18)24-21(25)20-19(11-12-28-20)23(22(24)26)14-16-6-4-5-15(2)13-16/h4-13,19-20H,3,14H2,1-2H3. The lowest BCUT2D eigenvalue weighted by Crippen LogP contribution is -2.61. The van der Waals surface area contributed by atoms with E-state index in [-0.39, 0.29) is 23.2 Å². The Balaban J connectivity index is 1.65. The van der Waals surface area contributed by atoms with Gasteiger partial charge >= 0.3 is 6.03 Å². The molecule has 28 heavy (non-hydrogen) atoms. The molecule has 2 aromatic carbocycles. The number of imide groups is 1. The number of carbonyl (C=O) groups is 2. The number of aryl methyl sites for hydroxylation is 1. The van der Waals surface area contributed by atoms with E-state index in [1.54, 1.807) is 29.2 Å². The van der Waals surface area contributed by atoms with Gasteiger partial charge in [0.25, 0.3) is 5.91 Å². The van der Waals surface area contributed by atoms with Gasteiger partial charge in [-0.3, -0.25) is 4.79 Å². The number of thioether (sulfide) groups is 1. The van der Waals surface area contributed by atoms with Crippen molar-refractivity contribution in [3.8, 4) is 5.75 Å². The maximum atomic E-state index is 13.3. The fourth-order valence-electron chi connectivity index (χ4n) is 3.62. The number of fused-ring (bicyclic) bond motifs is 1. The van der Waals surface area contributed by atoms with Gasteiger partial charge in [0.15, 0.2) is 0 Å². The molecule has 3 amide bonds. The summed E-state index contributed by atoms with van der Waals surface area (Å²) in [6, 6.07) is 14.7. The SMILES string of the molecule is CCOc1ccc(N2C(=O)C3SC=CC3N(Cc3cccc(C)c3)C2=O)cc1. The molecule has 6 heteroatoms. The number of urea groups is 1. The van der Waals surface area contributed by atoms with Crippen molar-refractivity contribution >= 4 is 29.4 Å². The highest BCUT2D eigenvalue weighted by Gasteiger charge is 2.47. The lowest BCUT2D eigenvalue weighted by atomic mass is 10.0. The van der Waals surface area contributed by atoms with Gasteiger partial charge in [0.1, 0.15) is 11.0 Å². The molecule has 0 aromatic heterocycles. The van der Waals surface area contributed by atoms with Crippen molar-refractivity contribution < 1.29 is 14.3 Å². The third-order valence-corrected chi connectivity index (χ3v) is 6.00. The Morgan fingerprint density at radius 2 is 1.89 bits per heavy atom.